The normalized spacial score (nSPS) is 27.2. The Bertz CT molecular complexity index is 666. The first kappa shape index (κ1) is 12.0. The molecule has 1 saturated heterocycles. The van der Waals surface area contributed by atoms with Gasteiger partial charge in [0.2, 0.25) is 5.95 Å². The minimum absolute atomic E-state index is 0.0414. The van der Waals surface area contributed by atoms with E-state index in [1.165, 1.54) is 4.68 Å². The second-order valence-corrected chi connectivity index (χ2v) is 4.27. The van der Waals surface area contributed by atoms with Crippen LogP contribution in [0.1, 0.15) is 12.6 Å². The first-order chi connectivity index (χ1) is 9.10. The predicted octanol–water partition coefficient (Wildman–Crippen LogP) is -2.26. The van der Waals surface area contributed by atoms with Crippen LogP contribution in [-0.2, 0) is 4.74 Å². The maximum absolute atomic E-state index is 11.6. The van der Waals surface area contributed by atoms with Crippen LogP contribution in [-0.4, -0.2) is 54.0 Å². The summed E-state index contributed by atoms with van der Waals surface area (Å²) in [5.74, 6) is -0.0571. The third-order valence-corrected chi connectivity index (χ3v) is 3.01. The third kappa shape index (κ3) is 1.85. The van der Waals surface area contributed by atoms with E-state index in [1.807, 2.05) is 0 Å². The van der Waals surface area contributed by atoms with Crippen LogP contribution in [0.5, 0.6) is 0 Å². The van der Waals surface area contributed by atoms with Crippen LogP contribution in [0.15, 0.2) is 4.79 Å². The summed E-state index contributed by atoms with van der Waals surface area (Å²) in [4.78, 5) is 17.9. The summed E-state index contributed by atoms with van der Waals surface area (Å²) in [6.45, 7) is -0.305. The highest BCUT2D eigenvalue weighted by molar-refractivity contribution is 5.69. The van der Waals surface area contributed by atoms with Crippen molar-refractivity contribution in [3.63, 3.8) is 0 Å². The van der Waals surface area contributed by atoms with Gasteiger partial charge in [-0.15, -0.1) is 5.10 Å². The van der Waals surface area contributed by atoms with E-state index in [4.69, 9.17) is 15.6 Å². The Balaban J connectivity index is 2.05. The van der Waals surface area contributed by atoms with Crippen molar-refractivity contribution >= 4 is 17.1 Å². The molecule has 0 saturated carbocycles. The van der Waals surface area contributed by atoms with Gasteiger partial charge in [-0.2, -0.15) is 9.67 Å². The van der Waals surface area contributed by atoms with Crippen molar-refractivity contribution in [3.8, 4) is 0 Å². The van der Waals surface area contributed by atoms with Crippen molar-refractivity contribution in [1.29, 1.82) is 0 Å². The van der Waals surface area contributed by atoms with Gasteiger partial charge in [-0.1, -0.05) is 5.21 Å². The average molecular weight is 268 g/mol. The van der Waals surface area contributed by atoms with Gasteiger partial charge in [-0.3, -0.25) is 9.78 Å². The molecule has 19 heavy (non-hydrogen) atoms. The molecule has 0 bridgehead atoms. The second-order valence-electron chi connectivity index (χ2n) is 4.27. The highest BCUT2D eigenvalue weighted by Gasteiger charge is 2.36. The van der Waals surface area contributed by atoms with Gasteiger partial charge in [-0.25, -0.2) is 0 Å². The van der Waals surface area contributed by atoms with Gasteiger partial charge in [0.05, 0.1) is 12.7 Å². The number of anilines is 1. The fourth-order valence-corrected chi connectivity index (χ4v) is 2.08. The lowest BCUT2D eigenvalue weighted by atomic mass is 10.2. The lowest BCUT2D eigenvalue weighted by molar-refractivity contribution is -0.0476. The highest BCUT2D eigenvalue weighted by atomic mass is 16.5. The van der Waals surface area contributed by atoms with E-state index in [1.54, 1.807) is 0 Å². The number of aromatic nitrogens is 5. The Labute approximate surface area is 105 Å². The number of aromatic amines is 1. The monoisotopic (exact) mass is 268 g/mol. The lowest BCUT2D eigenvalue weighted by Crippen LogP contribution is -2.24. The van der Waals surface area contributed by atoms with Crippen LogP contribution in [0.25, 0.3) is 11.2 Å². The number of nitrogens with two attached hydrogens (primary N) is 1. The summed E-state index contributed by atoms with van der Waals surface area (Å²) in [5.41, 5.74) is 5.19. The Morgan fingerprint density at radius 3 is 3.05 bits per heavy atom. The van der Waals surface area contributed by atoms with Crippen LogP contribution in [0, 0.1) is 0 Å². The molecule has 0 radical (unpaired) electrons. The molecule has 1 aliphatic heterocycles. The summed E-state index contributed by atoms with van der Waals surface area (Å²) >= 11 is 0. The molecule has 10 heteroatoms. The van der Waals surface area contributed by atoms with Crippen molar-refractivity contribution in [2.75, 3.05) is 12.3 Å². The molecule has 102 valence electrons. The molecule has 0 aliphatic carbocycles. The minimum atomic E-state index is -0.811. The quantitative estimate of drug-likeness (QED) is 0.476. The zero-order valence-electron chi connectivity index (χ0n) is 9.72. The highest BCUT2D eigenvalue weighted by Crippen LogP contribution is 2.29. The first-order valence-electron chi connectivity index (χ1n) is 5.65. The molecule has 1 aliphatic rings. The fourth-order valence-electron chi connectivity index (χ4n) is 2.08. The Hall–Kier alpha value is -2.04. The number of H-pyrrole nitrogens is 1. The summed E-state index contributed by atoms with van der Waals surface area (Å²) < 4.78 is 6.70. The van der Waals surface area contributed by atoms with Gasteiger partial charge < -0.3 is 20.7 Å². The van der Waals surface area contributed by atoms with Gasteiger partial charge in [-0.05, 0) is 0 Å². The molecule has 3 atom stereocenters. The van der Waals surface area contributed by atoms with Crippen LogP contribution in [0.3, 0.4) is 0 Å². The maximum Gasteiger partial charge on any atom is 0.282 e. The number of hydrogen-bond acceptors (Lipinski definition) is 8. The smallest absolute Gasteiger partial charge is 0.282 e. The Morgan fingerprint density at radius 2 is 2.37 bits per heavy atom. The second kappa shape index (κ2) is 4.26. The molecule has 0 spiro atoms. The average Bonchev–Trinajstić information content (AvgIpc) is 2.92. The van der Waals surface area contributed by atoms with E-state index < -0.39 is 24.0 Å². The SMILES string of the molecule is Nc1nc2c(nnn2[C@@H]2C[C@H](O)[C@@H](CO)O2)c(=O)[nH]1. The molecule has 5 N–H and O–H groups in total. The van der Waals surface area contributed by atoms with Crippen LogP contribution in [0.4, 0.5) is 5.95 Å². The molecule has 2 aromatic heterocycles. The van der Waals surface area contributed by atoms with Crippen LogP contribution in [0.2, 0.25) is 0 Å². The van der Waals surface area contributed by atoms with Gasteiger partial charge in [0.1, 0.15) is 6.10 Å². The molecule has 2 aromatic rings. The summed E-state index contributed by atoms with van der Waals surface area (Å²) in [6.07, 6.45) is -1.93. The van der Waals surface area contributed by atoms with E-state index in [0.717, 1.165) is 0 Å². The van der Waals surface area contributed by atoms with Gasteiger partial charge >= 0.3 is 0 Å². The zero-order valence-corrected chi connectivity index (χ0v) is 9.72. The number of nitrogens with one attached hydrogen (secondary N) is 1. The summed E-state index contributed by atoms with van der Waals surface area (Å²) in [7, 11) is 0. The van der Waals surface area contributed by atoms with E-state index in [0.29, 0.717) is 0 Å². The molecule has 3 heterocycles. The topological polar surface area (TPSA) is 152 Å². The molecular formula is C9H12N6O4. The lowest BCUT2D eigenvalue weighted by Gasteiger charge is -2.11. The van der Waals surface area contributed by atoms with Gasteiger partial charge in [0.15, 0.2) is 17.4 Å². The number of aliphatic hydroxyl groups is 2. The van der Waals surface area contributed by atoms with E-state index in [9.17, 15) is 9.90 Å². The third-order valence-electron chi connectivity index (χ3n) is 3.01. The molecule has 3 rings (SSSR count). The molecule has 10 nitrogen and oxygen atoms in total. The van der Waals surface area contributed by atoms with Crippen molar-refractivity contribution in [2.45, 2.75) is 24.9 Å². The van der Waals surface area contributed by atoms with Crippen LogP contribution < -0.4 is 11.3 Å². The number of rotatable bonds is 2. The number of ether oxygens (including phenoxy) is 1. The van der Waals surface area contributed by atoms with E-state index >= 15 is 0 Å². The fraction of sp³-hybridized carbons (Fsp3) is 0.556. The number of hydrogen-bond donors (Lipinski definition) is 4. The van der Waals surface area contributed by atoms with Crippen molar-refractivity contribution in [3.05, 3.63) is 10.4 Å². The Kier molecular flexibility index (Phi) is 2.69. The summed E-state index contributed by atoms with van der Waals surface area (Å²) in [6, 6.07) is 0. The largest absolute Gasteiger partial charge is 0.394 e. The predicted molar refractivity (Wildman–Crippen MR) is 62.0 cm³/mol. The minimum Gasteiger partial charge on any atom is -0.394 e. The molecule has 0 aromatic carbocycles. The first-order valence-corrected chi connectivity index (χ1v) is 5.65. The molecular weight excluding hydrogens is 256 g/mol. The number of nitrogens with zero attached hydrogens (tertiary/aromatic N) is 4. The van der Waals surface area contributed by atoms with Gasteiger partial charge in [0, 0.05) is 6.42 Å². The zero-order chi connectivity index (χ0) is 13.6. The molecule has 0 unspecified atom stereocenters. The summed E-state index contributed by atoms with van der Waals surface area (Å²) in [5, 5.41) is 26.2. The molecule has 1 fully saturated rings. The standard InChI is InChI=1S/C9H12N6O4/c10-9-11-7-6(8(18)12-9)13-14-15(7)5-1-3(17)4(2-16)19-5/h3-5,16-17H,1-2H2,(H3,10,11,12,18)/t3-,4+,5-/m0/s1. The van der Waals surface area contributed by atoms with Crippen LogP contribution >= 0.6 is 0 Å². The van der Waals surface area contributed by atoms with Gasteiger partial charge in [0.25, 0.3) is 5.56 Å². The molecule has 0 amide bonds. The number of fused-ring (bicyclic) bond motifs is 1. The van der Waals surface area contributed by atoms with Crippen molar-refractivity contribution in [2.24, 2.45) is 0 Å². The Morgan fingerprint density at radius 1 is 1.58 bits per heavy atom. The van der Waals surface area contributed by atoms with E-state index in [-0.39, 0.29) is 30.1 Å². The van der Waals surface area contributed by atoms with Crippen molar-refractivity contribution in [1.82, 2.24) is 25.0 Å². The number of nitrogen functional groups attached to an aromatic ring is 1. The maximum atomic E-state index is 11.6. The van der Waals surface area contributed by atoms with Crippen molar-refractivity contribution < 1.29 is 14.9 Å². The van der Waals surface area contributed by atoms with E-state index in [2.05, 4.69) is 20.3 Å². The number of aliphatic hydroxyl groups excluding tert-OH is 2.